The number of thiophene rings is 1. The first-order valence-electron chi connectivity index (χ1n) is 12.7. The molecule has 1 aliphatic rings. The van der Waals surface area contributed by atoms with Gasteiger partial charge in [0.15, 0.2) is 11.5 Å². The molecule has 0 spiro atoms. The fraction of sp³-hybridized carbons (Fsp3) is 0.276. The summed E-state index contributed by atoms with van der Waals surface area (Å²) in [6.45, 7) is 3.83. The van der Waals surface area contributed by atoms with E-state index in [1.54, 1.807) is 31.2 Å². The van der Waals surface area contributed by atoms with Crippen molar-refractivity contribution in [2.75, 3.05) is 19.0 Å². The average molecular weight is 564 g/mol. The molecule has 40 heavy (non-hydrogen) atoms. The zero-order valence-electron chi connectivity index (χ0n) is 22.4. The minimum Gasteiger partial charge on any atom is -0.493 e. The van der Waals surface area contributed by atoms with Gasteiger partial charge in [0.1, 0.15) is 5.00 Å². The van der Waals surface area contributed by atoms with Crippen LogP contribution in [0.4, 0.5) is 5.00 Å². The van der Waals surface area contributed by atoms with E-state index in [4.69, 9.17) is 14.2 Å². The molecule has 0 atom stereocenters. The number of ether oxygens (including phenoxy) is 3. The number of nitrogens with zero attached hydrogens (tertiary/aromatic N) is 1. The molecule has 0 unspecified atom stereocenters. The number of aryl methyl sites for hydroxylation is 2. The number of methoxy groups -OCH3 is 1. The SMILES string of the molecule is CCOC(=O)c1c(NC(=O)C(=O)NN=Cc2ccc(OC(=O)c3ccc(C)cc3)c(OC)c2)sc2c1CCCC2. The maximum atomic E-state index is 12.6. The third kappa shape index (κ3) is 6.73. The van der Waals surface area contributed by atoms with Crippen molar-refractivity contribution in [1.29, 1.82) is 0 Å². The van der Waals surface area contributed by atoms with Crippen LogP contribution in [0.1, 0.15) is 62.0 Å². The number of hydrazone groups is 1. The largest absolute Gasteiger partial charge is 0.493 e. The Hall–Kier alpha value is -4.51. The van der Waals surface area contributed by atoms with Gasteiger partial charge in [0.25, 0.3) is 0 Å². The maximum Gasteiger partial charge on any atom is 0.343 e. The summed E-state index contributed by atoms with van der Waals surface area (Å²) in [5.74, 6) is -2.52. The van der Waals surface area contributed by atoms with Crippen LogP contribution in [0.15, 0.2) is 47.6 Å². The Labute approximate surface area is 235 Å². The molecule has 0 bridgehead atoms. The predicted molar refractivity (Wildman–Crippen MR) is 150 cm³/mol. The van der Waals surface area contributed by atoms with Gasteiger partial charge in [0, 0.05) is 4.88 Å². The molecule has 0 fully saturated rings. The minimum atomic E-state index is -1.01. The molecule has 2 aromatic carbocycles. The summed E-state index contributed by atoms with van der Waals surface area (Å²) in [6.07, 6.45) is 4.79. The van der Waals surface area contributed by atoms with Crippen molar-refractivity contribution in [1.82, 2.24) is 5.43 Å². The highest BCUT2D eigenvalue weighted by atomic mass is 32.1. The summed E-state index contributed by atoms with van der Waals surface area (Å²) >= 11 is 1.29. The van der Waals surface area contributed by atoms with Crippen molar-refractivity contribution in [2.24, 2.45) is 5.10 Å². The van der Waals surface area contributed by atoms with Gasteiger partial charge in [-0.25, -0.2) is 15.0 Å². The number of rotatable bonds is 8. The molecular weight excluding hydrogens is 534 g/mol. The van der Waals surface area contributed by atoms with Crippen LogP contribution in [0.25, 0.3) is 0 Å². The standard InChI is InChI=1S/C29H29N3O7S/c1-4-38-29(36)24-20-7-5-6-8-23(20)40-27(24)31-25(33)26(34)32-30-16-18-11-14-21(22(15-18)37-3)39-28(35)19-12-9-17(2)10-13-19/h9-16H,4-8H2,1-3H3,(H,31,33)(H,32,34). The highest BCUT2D eigenvalue weighted by molar-refractivity contribution is 7.17. The number of benzene rings is 2. The van der Waals surface area contributed by atoms with Gasteiger partial charge in [-0.1, -0.05) is 17.7 Å². The van der Waals surface area contributed by atoms with Gasteiger partial charge in [0.2, 0.25) is 0 Å². The Morgan fingerprint density at radius 1 is 0.975 bits per heavy atom. The van der Waals surface area contributed by atoms with E-state index in [1.807, 2.05) is 19.1 Å². The van der Waals surface area contributed by atoms with Gasteiger partial charge in [-0.05, 0) is 81.0 Å². The third-order valence-electron chi connectivity index (χ3n) is 6.14. The number of carbonyl (C=O) groups excluding carboxylic acids is 4. The molecule has 3 aromatic rings. The molecule has 208 valence electrons. The molecule has 11 heteroatoms. The van der Waals surface area contributed by atoms with Crippen LogP contribution in [0.5, 0.6) is 11.5 Å². The van der Waals surface area contributed by atoms with E-state index in [-0.39, 0.29) is 18.1 Å². The lowest BCUT2D eigenvalue weighted by molar-refractivity contribution is -0.136. The third-order valence-corrected chi connectivity index (χ3v) is 7.35. The first kappa shape index (κ1) is 28.5. The van der Waals surface area contributed by atoms with E-state index in [2.05, 4.69) is 15.8 Å². The number of amides is 2. The predicted octanol–water partition coefficient (Wildman–Crippen LogP) is 4.43. The first-order chi connectivity index (χ1) is 19.3. The second-order valence-electron chi connectivity index (χ2n) is 8.95. The molecule has 2 amide bonds. The normalized spacial score (nSPS) is 12.4. The van der Waals surface area contributed by atoms with E-state index in [0.717, 1.165) is 41.7 Å². The number of esters is 2. The van der Waals surface area contributed by atoms with Gasteiger partial charge in [-0.3, -0.25) is 9.59 Å². The molecule has 1 heterocycles. The summed E-state index contributed by atoms with van der Waals surface area (Å²) in [5.41, 5.74) is 5.32. The molecule has 0 saturated heterocycles. The molecule has 0 radical (unpaired) electrons. The van der Waals surface area contributed by atoms with E-state index >= 15 is 0 Å². The Balaban J connectivity index is 1.39. The highest BCUT2D eigenvalue weighted by Crippen LogP contribution is 2.38. The van der Waals surface area contributed by atoms with Crippen LogP contribution >= 0.6 is 11.3 Å². The van der Waals surface area contributed by atoms with E-state index in [9.17, 15) is 19.2 Å². The molecule has 10 nitrogen and oxygen atoms in total. The summed E-state index contributed by atoms with van der Waals surface area (Å²) in [5, 5.41) is 6.68. The lowest BCUT2D eigenvalue weighted by Crippen LogP contribution is -2.32. The van der Waals surface area contributed by atoms with Crippen LogP contribution in [-0.2, 0) is 27.2 Å². The minimum absolute atomic E-state index is 0.201. The lowest BCUT2D eigenvalue weighted by Gasteiger charge is -2.12. The molecule has 0 aliphatic heterocycles. The molecule has 0 saturated carbocycles. The smallest absolute Gasteiger partial charge is 0.343 e. The van der Waals surface area contributed by atoms with Crippen LogP contribution in [-0.4, -0.2) is 43.7 Å². The van der Waals surface area contributed by atoms with Crippen LogP contribution < -0.4 is 20.2 Å². The Bertz CT molecular complexity index is 1460. The van der Waals surface area contributed by atoms with E-state index in [0.29, 0.717) is 21.7 Å². The van der Waals surface area contributed by atoms with Crippen molar-refractivity contribution in [3.05, 3.63) is 75.2 Å². The number of fused-ring (bicyclic) bond motifs is 1. The van der Waals surface area contributed by atoms with Crippen LogP contribution in [0.2, 0.25) is 0 Å². The van der Waals surface area contributed by atoms with Crippen molar-refractivity contribution in [3.63, 3.8) is 0 Å². The lowest BCUT2D eigenvalue weighted by atomic mass is 9.95. The molecule has 2 N–H and O–H groups in total. The Morgan fingerprint density at radius 2 is 1.73 bits per heavy atom. The average Bonchev–Trinajstić information content (AvgIpc) is 3.31. The highest BCUT2D eigenvalue weighted by Gasteiger charge is 2.28. The van der Waals surface area contributed by atoms with Crippen molar-refractivity contribution in [2.45, 2.75) is 39.5 Å². The van der Waals surface area contributed by atoms with E-state index in [1.165, 1.54) is 30.7 Å². The second kappa shape index (κ2) is 13.0. The number of carbonyl (C=O) groups is 4. The topological polar surface area (TPSA) is 132 Å². The Kier molecular flexibility index (Phi) is 9.28. The van der Waals surface area contributed by atoms with E-state index < -0.39 is 23.8 Å². The molecule has 1 aliphatic carbocycles. The zero-order chi connectivity index (χ0) is 28.6. The first-order valence-corrected chi connectivity index (χ1v) is 13.5. The molecule has 4 rings (SSSR count). The summed E-state index contributed by atoms with van der Waals surface area (Å²) < 4.78 is 16.0. The van der Waals surface area contributed by atoms with Gasteiger partial charge in [-0.15, -0.1) is 11.3 Å². The maximum absolute atomic E-state index is 12.6. The number of anilines is 1. The second-order valence-corrected chi connectivity index (χ2v) is 10.1. The van der Waals surface area contributed by atoms with Gasteiger partial charge < -0.3 is 19.5 Å². The summed E-state index contributed by atoms with van der Waals surface area (Å²) in [7, 11) is 1.43. The summed E-state index contributed by atoms with van der Waals surface area (Å²) in [6, 6.07) is 11.7. The van der Waals surface area contributed by atoms with Crippen molar-refractivity contribution >= 4 is 46.3 Å². The van der Waals surface area contributed by atoms with Crippen molar-refractivity contribution < 1.29 is 33.4 Å². The fourth-order valence-corrected chi connectivity index (χ4v) is 5.42. The van der Waals surface area contributed by atoms with Gasteiger partial charge in [0.05, 0.1) is 31.1 Å². The monoisotopic (exact) mass is 563 g/mol. The quantitative estimate of drug-likeness (QED) is 0.136. The van der Waals surface area contributed by atoms with Crippen molar-refractivity contribution in [3.8, 4) is 11.5 Å². The van der Waals surface area contributed by atoms with Gasteiger partial charge in [-0.2, -0.15) is 5.10 Å². The fourth-order valence-electron chi connectivity index (χ4n) is 4.15. The van der Waals surface area contributed by atoms with Gasteiger partial charge >= 0.3 is 23.8 Å². The zero-order valence-corrected chi connectivity index (χ0v) is 23.2. The Morgan fingerprint density at radius 3 is 2.45 bits per heavy atom. The number of hydrogen-bond acceptors (Lipinski definition) is 9. The molecule has 1 aromatic heterocycles. The van der Waals surface area contributed by atoms with Crippen LogP contribution in [0, 0.1) is 6.92 Å². The van der Waals surface area contributed by atoms with Crippen LogP contribution in [0.3, 0.4) is 0 Å². The number of hydrogen-bond donors (Lipinski definition) is 2. The number of nitrogens with one attached hydrogen (secondary N) is 2. The summed E-state index contributed by atoms with van der Waals surface area (Å²) in [4.78, 5) is 51.0. The molecular formula is C29H29N3O7S.